The molecule has 5 N–H and O–H groups in total. The molecule has 0 saturated carbocycles. The van der Waals surface area contributed by atoms with E-state index in [4.69, 9.17) is 33.0 Å². The number of ether oxygens (including phenoxy) is 1. The average molecular weight is 657 g/mol. The predicted molar refractivity (Wildman–Crippen MR) is 173 cm³/mol. The Hall–Kier alpha value is -3.80. The van der Waals surface area contributed by atoms with Gasteiger partial charge in [-0.25, -0.2) is 8.78 Å². The summed E-state index contributed by atoms with van der Waals surface area (Å²) in [5.74, 6) is -0.710. The Bertz CT molecular complexity index is 1690. The summed E-state index contributed by atoms with van der Waals surface area (Å²) in [7, 11) is 1.60. The van der Waals surface area contributed by atoms with E-state index in [2.05, 4.69) is 26.3 Å². The summed E-state index contributed by atoms with van der Waals surface area (Å²) in [6.45, 7) is 1.19. The largest absolute Gasteiger partial charge is 0.496 e. The first-order valence-corrected chi connectivity index (χ1v) is 15.2. The van der Waals surface area contributed by atoms with Gasteiger partial charge >= 0.3 is 0 Å². The van der Waals surface area contributed by atoms with Crippen molar-refractivity contribution in [1.82, 2.24) is 20.9 Å². The van der Waals surface area contributed by atoms with Gasteiger partial charge in [0.05, 0.1) is 40.8 Å². The number of hydrogen-bond donors (Lipinski definition) is 5. The standard InChI is InChI=1S/C33H33Cl2F2N5O3/c1-45-28-15-19(5-6-20(28)16-39-17-21-7-10-29(44)41-21)33-31(35)23(11-12-40-33)22-3-2-4-26(30(22)34)42-27-9-8-25(36)24(32(27)37)18-38-13-14-43/h2-6,8-9,11-12,15,21,38-39,42-43H,7,10,13-14,16-18H2,1H3,(H,41,44)/t21-/m1/s1. The lowest BCUT2D eigenvalue weighted by Crippen LogP contribution is -2.35. The van der Waals surface area contributed by atoms with Gasteiger partial charge < -0.3 is 31.1 Å². The number of amides is 1. The quantitative estimate of drug-likeness (QED) is 0.109. The van der Waals surface area contributed by atoms with E-state index in [1.165, 1.54) is 12.1 Å². The van der Waals surface area contributed by atoms with Crippen LogP contribution in [-0.4, -0.2) is 48.8 Å². The maximum Gasteiger partial charge on any atom is 0.220 e. The molecule has 1 aliphatic heterocycles. The second-order valence-electron chi connectivity index (χ2n) is 10.6. The highest BCUT2D eigenvalue weighted by Gasteiger charge is 2.21. The van der Waals surface area contributed by atoms with Crippen LogP contribution < -0.4 is 26.0 Å². The summed E-state index contributed by atoms with van der Waals surface area (Å²) in [5.41, 5.74) is 3.72. The van der Waals surface area contributed by atoms with Crippen LogP contribution in [0.3, 0.4) is 0 Å². The number of anilines is 2. The summed E-state index contributed by atoms with van der Waals surface area (Å²) in [5, 5.41) is 21.7. The molecule has 0 spiro atoms. The van der Waals surface area contributed by atoms with E-state index < -0.39 is 11.6 Å². The van der Waals surface area contributed by atoms with Gasteiger partial charge in [0, 0.05) is 72.7 Å². The number of carbonyl (C=O) groups excluding carboxylic acids is 1. The predicted octanol–water partition coefficient (Wildman–Crippen LogP) is 6.20. The van der Waals surface area contributed by atoms with Crippen molar-refractivity contribution in [3.63, 3.8) is 0 Å². The van der Waals surface area contributed by atoms with Crippen molar-refractivity contribution in [3.05, 3.63) is 93.6 Å². The fraction of sp³-hybridized carbons (Fsp3) is 0.273. The Balaban J connectivity index is 1.38. The maximum atomic E-state index is 15.2. The molecule has 1 saturated heterocycles. The van der Waals surface area contributed by atoms with Crippen molar-refractivity contribution >= 4 is 40.5 Å². The van der Waals surface area contributed by atoms with Crippen LogP contribution >= 0.6 is 23.2 Å². The van der Waals surface area contributed by atoms with E-state index in [0.717, 1.165) is 17.5 Å². The van der Waals surface area contributed by atoms with Crippen molar-refractivity contribution in [2.45, 2.75) is 32.0 Å². The number of aliphatic hydroxyl groups excluding tert-OH is 1. The molecule has 1 amide bonds. The Morgan fingerprint density at radius 2 is 1.84 bits per heavy atom. The second-order valence-corrected chi connectivity index (χ2v) is 11.3. The fourth-order valence-corrected chi connectivity index (χ4v) is 5.83. The molecule has 12 heteroatoms. The number of rotatable bonds is 13. The summed E-state index contributed by atoms with van der Waals surface area (Å²) in [4.78, 5) is 16.0. The Morgan fingerprint density at radius 1 is 1.02 bits per heavy atom. The van der Waals surface area contributed by atoms with Crippen molar-refractivity contribution in [3.8, 4) is 28.1 Å². The normalized spacial score (nSPS) is 14.4. The molecule has 4 aromatic rings. The van der Waals surface area contributed by atoms with Crippen molar-refractivity contribution in [2.75, 3.05) is 32.1 Å². The van der Waals surface area contributed by atoms with E-state index in [0.29, 0.717) is 52.8 Å². The third-order valence-corrected chi connectivity index (χ3v) is 8.37. The van der Waals surface area contributed by atoms with Crippen LogP contribution in [0.2, 0.25) is 10.0 Å². The van der Waals surface area contributed by atoms with Gasteiger partial charge in [-0.05, 0) is 36.8 Å². The number of benzene rings is 3. The van der Waals surface area contributed by atoms with Gasteiger partial charge in [0.25, 0.3) is 0 Å². The molecule has 5 rings (SSSR count). The lowest BCUT2D eigenvalue weighted by atomic mass is 10.0. The first-order chi connectivity index (χ1) is 21.8. The van der Waals surface area contributed by atoms with E-state index in [1.807, 2.05) is 18.2 Å². The highest BCUT2D eigenvalue weighted by atomic mass is 35.5. The Labute approximate surface area is 270 Å². The molecule has 2 heterocycles. The smallest absolute Gasteiger partial charge is 0.220 e. The van der Waals surface area contributed by atoms with Crippen LogP contribution in [0.5, 0.6) is 5.75 Å². The highest BCUT2D eigenvalue weighted by molar-refractivity contribution is 6.39. The molecule has 3 aromatic carbocycles. The topological polar surface area (TPSA) is 108 Å². The van der Waals surface area contributed by atoms with Gasteiger partial charge in [0.1, 0.15) is 11.6 Å². The highest BCUT2D eigenvalue weighted by Crippen LogP contribution is 2.42. The first-order valence-electron chi connectivity index (χ1n) is 14.5. The van der Waals surface area contributed by atoms with Crippen LogP contribution in [0.4, 0.5) is 20.2 Å². The number of methoxy groups -OCH3 is 1. The number of aromatic nitrogens is 1. The van der Waals surface area contributed by atoms with E-state index in [9.17, 15) is 9.18 Å². The number of aliphatic hydroxyl groups is 1. The summed E-state index contributed by atoms with van der Waals surface area (Å²) < 4.78 is 35.2. The monoisotopic (exact) mass is 655 g/mol. The van der Waals surface area contributed by atoms with Gasteiger partial charge in [0.2, 0.25) is 5.91 Å². The van der Waals surface area contributed by atoms with Gasteiger partial charge in [-0.1, -0.05) is 47.5 Å². The van der Waals surface area contributed by atoms with Crippen LogP contribution in [0.1, 0.15) is 24.0 Å². The third-order valence-electron chi connectivity index (χ3n) is 7.58. The molecule has 236 valence electrons. The zero-order valence-electron chi connectivity index (χ0n) is 24.5. The van der Waals surface area contributed by atoms with Crippen molar-refractivity contribution in [2.24, 2.45) is 0 Å². The molecule has 0 bridgehead atoms. The van der Waals surface area contributed by atoms with Gasteiger partial charge in [-0.15, -0.1) is 0 Å². The number of halogens is 4. The van der Waals surface area contributed by atoms with Gasteiger partial charge in [-0.3, -0.25) is 9.78 Å². The van der Waals surface area contributed by atoms with E-state index in [1.54, 1.807) is 37.6 Å². The molecule has 1 aromatic heterocycles. The minimum atomic E-state index is -0.760. The Morgan fingerprint density at radius 3 is 2.60 bits per heavy atom. The van der Waals surface area contributed by atoms with E-state index >= 15 is 4.39 Å². The zero-order valence-corrected chi connectivity index (χ0v) is 26.0. The molecule has 45 heavy (non-hydrogen) atoms. The fourth-order valence-electron chi connectivity index (χ4n) is 5.23. The van der Waals surface area contributed by atoms with Crippen LogP contribution in [0.25, 0.3) is 22.4 Å². The zero-order chi connectivity index (χ0) is 31.9. The van der Waals surface area contributed by atoms with Gasteiger partial charge in [-0.2, -0.15) is 0 Å². The molecule has 1 fully saturated rings. The number of pyridine rings is 1. The molecule has 0 aliphatic carbocycles. The summed E-state index contributed by atoms with van der Waals surface area (Å²) in [6.07, 6.45) is 3.01. The molecular formula is C33H33Cl2F2N5O3. The minimum absolute atomic E-state index is 0.0485. The average Bonchev–Trinajstić information content (AvgIpc) is 3.46. The van der Waals surface area contributed by atoms with Crippen LogP contribution in [0, 0.1) is 11.6 Å². The molecule has 8 nitrogen and oxygen atoms in total. The molecule has 1 atom stereocenters. The number of nitrogens with zero attached hydrogens (tertiary/aromatic N) is 1. The summed E-state index contributed by atoms with van der Waals surface area (Å²) in [6, 6.07) is 15.3. The lowest BCUT2D eigenvalue weighted by Gasteiger charge is -2.17. The molecular weight excluding hydrogens is 623 g/mol. The van der Waals surface area contributed by atoms with E-state index in [-0.39, 0.29) is 47.9 Å². The van der Waals surface area contributed by atoms with Crippen molar-refractivity contribution in [1.29, 1.82) is 0 Å². The third kappa shape index (κ3) is 7.54. The van der Waals surface area contributed by atoms with Crippen LogP contribution in [0.15, 0.2) is 60.8 Å². The van der Waals surface area contributed by atoms with Gasteiger partial charge in [0.15, 0.2) is 5.82 Å². The lowest BCUT2D eigenvalue weighted by molar-refractivity contribution is -0.119. The SMILES string of the molecule is COc1cc(-c2nccc(-c3cccc(Nc4ccc(F)c(CNCCO)c4F)c3Cl)c2Cl)ccc1CNC[C@H]1CCC(=O)N1. The van der Waals surface area contributed by atoms with Crippen LogP contribution in [-0.2, 0) is 17.9 Å². The maximum absolute atomic E-state index is 15.2. The first kappa shape index (κ1) is 32.6. The minimum Gasteiger partial charge on any atom is -0.496 e. The van der Waals surface area contributed by atoms with Crippen molar-refractivity contribution < 1.29 is 23.4 Å². The summed E-state index contributed by atoms with van der Waals surface area (Å²) >= 11 is 13.8. The molecule has 0 unspecified atom stereocenters. The molecule has 1 aliphatic rings. The number of carbonyl (C=O) groups is 1. The number of hydrogen-bond acceptors (Lipinski definition) is 7. The second kappa shape index (κ2) is 15.0. The number of nitrogens with one attached hydrogen (secondary N) is 4. The molecule has 0 radical (unpaired) electrons. The Kier molecular flexibility index (Phi) is 10.9.